The van der Waals surface area contributed by atoms with Crippen LogP contribution in [0.4, 0.5) is 5.95 Å². The van der Waals surface area contributed by atoms with Crippen molar-refractivity contribution in [1.82, 2.24) is 15.0 Å². The maximum atomic E-state index is 4.43. The van der Waals surface area contributed by atoms with E-state index in [4.69, 9.17) is 0 Å². The quantitative estimate of drug-likeness (QED) is 0.396. The van der Waals surface area contributed by atoms with E-state index in [0.717, 1.165) is 33.2 Å². The Morgan fingerprint density at radius 1 is 1.00 bits per heavy atom. The number of imidazole rings is 1. The first kappa shape index (κ1) is 12.6. The highest BCUT2D eigenvalue weighted by molar-refractivity contribution is 6.00. The summed E-state index contributed by atoms with van der Waals surface area (Å²) in [5.74, 6) is 0.634. The number of hydrazone groups is 1. The van der Waals surface area contributed by atoms with Crippen molar-refractivity contribution < 1.29 is 0 Å². The molecule has 5 heteroatoms. The summed E-state index contributed by atoms with van der Waals surface area (Å²) in [7, 11) is 0. The molecule has 2 aromatic carbocycles. The first-order chi connectivity index (χ1) is 10.8. The number of nitrogens with zero attached hydrogens (tertiary/aromatic N) is 2. The van der Waals surface area contributed by atoms with E-state index in [1.54, 1.807) is 0 Å². The number of para-hydroxylation sites is 3. The van der Waals surface area contributed by atoms with Crippen LogP contribution in [0.5, 0.6) is 0 Å². The van der Waals surface area contributed by atoms with E-state index >= 15 is 0 Å². The molecule has 0 fully saturated rings. The van der Waals surface area contributed by atoms with E-state index < -0.39 is 0 Å². The lowest BCUT2D eigenvalue weighted by Crippen LogP contribution is -1.93. The van der Waals surface area contributed by atoms with E-state index in [1.807, 2.05) is 49.5 Å². The third kappa shape index (κ3) is 2.13. The lowest BCUT2D eigenvalue weighted by molar-refractivity contribution is 1.21. The lowest BCUT2D eigenvalue weighted by Gasteiger charge is -1.95. The van der Waals surface area contributed by atoms with Crippen molar-refractivity contribution in [2.75, 3.05) is 5.43 Å². The Hall–Kier alpha value is -3.08. The molecule has 4 aromatic rings. The predicted octanol–water partition coefficient (Wildman–Crippen LogP) is 3.80. The number of anilines is 1. The Labute approximate surface area is 127 Å². The monoisotopic (exact) mass is 289 g/mol. The molecule has 0 amide bonds. The van der Waals surface area contributed by atoms with Crippen LogP contribution in [0.15, 0.2) is 53.6 Å². The van der Waals surface area contributed by atoms with Gasteiger partial charge in [-0.2, -0.15) is 5.10 Å². The van der Waals surface area contributed by atoms with Gasteiger partial charge in [0.2, 0.25) is 5.95 Å². The van der Waals surface area contributed by atoms with Crippen molar-refractivity contribution in [2.45, 2.75) is 6.92 Å². The minimum atomic E-state index is 0.634. The van der Waals surface area contributed by atoms with Crippen LogP contribution in [-0.4, -0.2) is 21.2 Å². The molecule has 108 valence electrons. The molecule has 2 heterocycles. The Morgan fingerprint density at radius 3 is 2.64 bits per heavy atom. The third-order valence-corrected chi connectivity index (χ3v) is 3.70. The predicted molar refractivity (Wildman–Crippen MR) is 90.3 cm³/mol. The molecule has 0 unspecified atom stereocenters. The van der Waals surface area contributed by atoms with Gasteiger partial charge in [-0.25, -0.2) is 10.4 Å². The zero-order valence-electron chi connectivity index (χ0n) is 12.1. The van der Waals surface area contributed by atoms with Gasteiger partial charge in [-0.3, -0.25) is 0 Å². The van der Waals surface area contributed by atoms with Crippen molar-refractivity contribution in [2.24, 2.45) is 5.10 Å². The molecule has 2 aromatic heterocycles. The minimum Gasteiger partial charge on any atom is -0.358 e. The molecule has 5 nitrogen and oxygen atoms in total. The van der Waals surface area contributed by atoms with Crippen molar-refractivity contribution in [3.8, 4) is 0 Å². The van der Waals surface area contributed by atoms with Gasteiger partial charge in [0.15, 0.2) is 0 Å². The maximum absolute atomic E-state index is 4.43. The molecule has 0 aliphatic carbocycles. The summed E-state index contributed by atoms with van der Waals surface area (Å²) in [6, 6.07) is 16.1. The highest BCUT2D eigenvalue weighted by Crippen LogP contribution is 2.20. The van der Waals surface area contributed by atoms with Crippen LogP contribution >= 0.6 is 0 Å². The van der Waals surface area contributed by atoms with Crippen LogP contribution in [0.3, 0.4) is 0 Å². The maximum Gasteiger partial charge on any atom is 0.222 e. The summed E-state index contributed by atoms with van der Waals surface area (Å²) in [5, 5.41) is 5.46. The summed E-state index contributed by atoms with van der Waals surface area (Å²) < 4.78 is 0. The van der Waals surface area contributed by atoms with Gasteiger partial charge in [-0.1, -0.05) is 30.3 Å². The number of hydrogen-bond acceptors (Lipinski definition) is 3. The van der Waals surface area contributed by atoms with Crippen LogP contribution < -0.4 is 5.43 Å². The Bertz CT molecular complexity index is 944. The van der Waals surface area contributed by atoms with Gasteiger partial charge < -0.3 is 9.97 Å². The fraction of sp³-hybridized carbons (Fsp3) is 0.0588. The second kappa shape index (κ2) is 5.04. The number of aromatic nitrogens is 3. The normalized spacial score (nSPS) is 11.7. The molecule has 4 rings (SSSR count). The largest absolute Gasteiger partial charge is 0.358 e. The zero-order chi connectivity index (χ0) is 14.9. The highest BCUT2D eigenvalue weighted by Gasteiger charge is 2.05. The summed E-state index contributed by atoms with van der Waals surface area (Å²) in [6.45, 7) is 2.04. The van der Waals surface area contributed by atoms with E-state index in [9.17, 15) is 0 Å². The fourth-order valence-corrected chi connectivity index (χ4v) is 2.63. The van der Waals surface area contributed by atoms with Crippen LogP contribution in [0, 0.1) is 6.92 Å². The van der Waals surface area contributed by atoms with E-state index in [0.29, 0.717) is 5.95 Å². The molecule has 0 atom stereocenters. The number of H-pyrrole nitrogens is 2. The summed E-state index contributed by atoms with van der Waals surface area (Å²) >= 11 is 0. The Morgan fingerprint density at radius 2 is 1.77 bits per heavy atom. The third-order valence-electron chi connectivity index (χ3n) is 3.70. The first-order valence-corrected chi connectivity index (χ1v) is 7.12. The average molecular weight is 289 g/mol. The second-order valence-electron chi connectivity index (χ2n) is 5.18. The molecule has 0 spiro atoms. The molecule has 3 N–H and O–H groups in total. The number of fused-ring (bicyclic) bond motifs is 2. The first-order valence-electron chi connectivity index (χ1n) is 7.12. The number of hydrogen-bond donors (Lipinski definition) is 3. The van der Waals surface area contributed by atoms with E-state index in [2.05, 4.69) is 37.6 Å². The molecule has 0 aliphatic rings. The molecule has 22 heavy (non-hydrogen) atoms. The Kier molecular flexibility index (Phi) is 2.89. The summed E-state index contributed by atoms with van der Waals surface area (Å²) in [5.41, 5.74) is 8.15. The second-order valence-corrected chi connectivity index (χ2v) is 5.18. The van der Waals surface area contributed by atoms with Crippen LogP contribution in [0.1, 0.15) is 11.3 Å². The van der Waals surface area contributed by atoms with Gasteiger partial charge in [0, 0.05) is 22.2 Å². The molecular weight excluding hydrogens is 274 g/mol. The zero-order valence-corrected chi connectivity index (χ0v) is 12.1. The summed E-state index contributed by atoms with van der Waals surface area (Å²) in [4.78, 5) is 11.0. The highest BCUT2D eigenvalue weighted by atomic mass is 15.3. The molecule has 0 bridgehead atoms. The summed E-state index contributed by atoms with van der Waals surface area (Å²) in [6.07, 6.45) is 1.82. The average Bonchev–Trinajstić information content (AvgIpc) is 3.08. The number of nitrogens with one attached hydrogen (secondary N) is 3. The van der Waals surface area contributed by atoms with Gasteiger partial charge in [0.1, 0.15) is 0 Å². The number of aromatic amines is 2. The smallest absolute Gasteiger partial charge is 0.222 e. The van der Waals surface area contributed by atoms with Gasteiger partial charge in [0.25, 0.3) is 0 Å². The van der Waals surface area contributed by atoms with Crippen LogP contribution in [-0.2, 0) is 0 Å². The molecular formula is C17H15N5. The van der Waals surface area contributed by atoms with Crippen LogP contribution in [0.2, 0.25) is 0 Å². The molecule has 0 saturated heterocycles. The standard InChI is InChI=1S/C17H15N5/c1-11-13(12-6-2-3-7-14(12)19-11)10-18-22-17-20-15-8-4-5-9-16(15)21-17/h2-10,19H,1H3,(H2,20,21,22). The van der Waals surface area contributed by atoms with E-state index in [1.165, 1.54) is 0 Å². The van der Waals surface area contributed by atoms with Gasteiger partial charge in [-0.05, 0) is 25.1 Å². The van der Waals surface area contributed by atoms with Crippen LogP contribution in [0.25, 0.3) is 21.9 Å². The number of aryl methyl sites for hydroxylation is 1. The fourth-order valence-electron chi connectivity index (χ4n) is 2.63. The van der Waals surface area contributed by atoms with Gasteiger partial charge in [-0.15, -0.1) is 0 Å². The van der Waals surface area contributed by atoms with Crippen molar-refractivity contribution >= 4 is 34.1 Å². The molecule has 0 radical (unpaired) electrons. The number of rotatable bonds is 3. The lowest BCUT2D eigenvalue weighted by atomic mass is 10.1. The molecule has 0 saturated carbocycles. The van der Waals surface area contributed by atoms with Crippen molar-refractivity contribution in [3.63, 3.8) is 0 Å². The topological polar surface area (TPSA) is 68.9 Å². The van der Waals surface area contributed by atoms with E-state index in [-0.39, 0.29) is 0 Å². The van der Waals surface area contributed by atoms with Crippen molar-refractivity contribution in [1.29, 1.82) is 0 Å². The van der Waals surface area contributed by atoms with Gasteiger partial charge in [0.05, 0.1) is 17.2 Å². The minimum absolute atomic E-state index is 0.634. The molecule has 0 aliphatic heterocycles. The van der Waals surface area contributed by atoms with Gasteiger partial charge >= 0.3 is 0 Å². The number of benzene rings is 2. The SMILES string of the molecule is Cc1[nH]c2ccccc2c1C=NNc1nc2ccccc2[nH]1. The van der Waals surface area contributed by atoms with Crippen molar-refractivity contribution in [3.05, 3.63) is 59.8 Å². The Balaban J connectivity index is 1.62.